The standard InChI is InChI=1S/C23H22N4O3/c1-3-27-20-8-6-5-7-19(20)25-23(27)26-24-15-18-13-14-21(30-18)16-9-11-17(12-10-16)22(28)29-4-2/h5-15H,3-4H2,1-2H3,(H,25,26)/b24-15-. The number of fused-ring (bicyclic) bond motifs is 1. The first kappa shape index (κ1) is 19.4. The molecule has 0 bridgehead atoms. The summed E-state index contributed by atoms with van der Waals surface area (Å²) in [6.45, 7) is 4.98. The van der Waals surface area contributed by atoms with Crippen molar-refractivity contribution in [2.45, 2.75) is 20.4 Å². The lowest BCUT2D eigenvalue weighted by Crippen LogP contribution is -2.03. The van der Waals surface area contributed by atoms with Crippen LogP contribution in [-0.4, -0.2) is 28.3 Å². The van der Waals surface area contributed by atoms with Crippen molar-refractivity contribution in [2.75, 3.05) is 12.0 Å². The molecule has 4 aromatic rings. The van der Waals surface area contributed by atoms with Gasteiger partial charge in [-0.15, -0.1) is 0 Å². The smallest absolute Gasteiger partial charge is 0.338 e. The summed E-state index contributed by atoms with van der Waals surface area (Å²) in [7, 11) is 0. The molecule has 0 radical (unpaired) electrons. The number of anilines is 1. The minimum absolute atomic E-state index is 0.333. The monoisotopic (exact) mass is 402 g/mol. The Kier molecular flexibility index (Phi) is 5.61. The zero-order valence-electron chi connectivity index (χ0n) is 16.8. The van der Waals surface area contributed by atoms with Crippen LogP contribution in [-0.2, 0) is 11.3 Å². The predicted octanol–water partition coefficient (Wildman–Crippen LogP) is 4.94. The van der Waals surface area contributed by atoms with Crippen LogP contribution < -0.4 is 5.43 Å². The van der Waals surface area contributed by atoms with E-state index in [0.717, 1.165) is 23.1 Å². The van der Waals surface area contributed by atoms with Crippen molar-refractivity contribution in [1.29, 1.82) is 0 Å². The highest BCUT2D eigenvalue weighted by Gasteiger charge is 2.09. The fourth-order valence-corrected chi connectivity index (χ4v) is 3.20. The zero-order chi connectivity index (χ0) is 20.9. The molecular weight excluding hydrogens is 380 g/mol. The Morgan fingerprint density at radius 1 is 1.13 bits per heavy atom. The third kappa shape index (κ3) is 3.96. The maximum Gasteiger partial charge on any atom is 0.338 e. The number of para-hydroxylation sites is 2. The molecule has 152 valence electrons. The van der Waals surface area contributed by atoms with Crippen molar-refractivity contribution < 1.29 is 13.9 Å². The molecule has 0 amide bonds. The predicted molar refractivity (Wildman–Crippen MR) is 117 cm³/mol. The van der Waals surface area contributed by atoms with Crippen molar-refractivity contribution in [2.24, 2.45) is 5.10 Å². The average molecular weight is 402 g/mol. The number of rotatable bonds is 7. The fourth-order valence-electron chi connectivity index (χ4n) is 3.20. The second-order valence-corrected chi connectivity index (χ2v) is 6.54. The van der Waals surface area contributed by atoms with Crippen LogP contribution in [0.25, 0.3) is 22.4 Å². The summed E-state index contributed by atoms with van der Waals surface area (Å²) in [5.41, 5.74) is 6.35. The number of hydrazone groups is 1. The van der Waals surface area contributed by atoms with E-state index in [2.05, 4.69) is 27.0 Å². The highest BCUT2D eigenvalue weighted by atomic mass is 16.5. The van der Waals surface area contributed by atoms with E-state index in [9.17, 15) is 4.79 Å². The van der Waals surface area contributed by atoms with Crippen molar-refractivity contribution in [1.82, 2.24) is 9.55 Å². The van der Waals surface area contributed by atoms with Gasteiger partial charge in [0.2, 0.25) is 5.95 Å². The molecule has 30 heavy (non-hydrogen) atoms. The minimum atomic E-state index is -0.333. The largest absolute Gasteiger partial charge is 0.462 e. The van der Waals surface area contributed by atoms with Crippen LogP contribution >= 0.6 is 0 Å². The molecular formula is C23H22N4O3. The van der Waals surface area contributed by atoms with E-state index in [1.165, 1.54) is 0 Å². The Labute approximate surface area is 174 Å². The van der Waals surface area contributed by atoms with Gasteiger partial charge in [0.25, 0.3) is 0 Å². The first-order valence-corrected chi connectivity index (χ1v) is 9.81. The normalized spacial score (nSPS) is 11.3. The van der Waals surface area contributed by atoms with E-state index in [-0.39, 0.29) is 5.97 Å². The van der Waals surface area contributed by atoms with Crippen LogP contribution in [0.3, 0.4) is 0 Å². The van der Waals surface area contributed by atoms with Gasteiger partial charge in [-0.2, -0.15) is 5.10 Å². The minimum Gasteiger partial charge on any atom is -0.462 e. The number of nitrogens with zero attached hydrogens (tertiary/aromatic N) is 3. The van der Waals surface area contributed by atoms with Crippen molar-refractivity contribution in [3.63, 3.8) is 0 Å². The van der Waals surface area contributed by atoms with Gasteiger partial charge in [-0.25, -0.2) is 15.2 Å². The van der Waals surface area contributed by atoms with Crippen molar-refractivity contribution >= 4 is 29.2 Å². The number of benzene rings is 2. The molecule has 0 saturated heterocycles. The zero-order valence-corrected chi connectivity index (χ0v) is 16.8. The van der Waals surface area contributed by atoms with Crippen LogP contribution in [0.5, 0.6) is 0 Å². The summed E-state index contributed by atoms with van der Waals surface area (Å²) in [5.74, 6) is 1.63. The van der Waals surface area contributed by atoms with Crippen LogP contribution in [0.15, 0.2) is 70.2 Å². The molecule has 0 aliphatic heterocycles. The number of carbonyl (C=O) groups excluding carboxylic acids is 1. The molecule has 7 nitrogen and oxygen atoms in total. The summed E-state index contributed by atoms with van der Waals surface area (Å²) in [6.07, 6.45) is 1.61. The van der Waals surface area contributed by atoms with Crippen LogP contribution in [0.1, 0.15) is 30.0 Å². The Bertz CT molecular complexity index is 1190. The SMILES string of the molecule is CCOC(=O)c1ccc(-c2ccc(/C=N\Nc3nc4ccccc4n3CC)o2)cc1. The molecule has 7 heteroatoms. The second kappa shape index (κ2) is 8.65. The first-order chi connectivity index (χ1) is 14.7. The van der Waals surface area contributed by atoms with Gasteiger partial charge < -0.3 is 13.7 Å². The lowest BCUT2D eigenvalue weighted by Gasteiger charge is -2.04. The molecule has 0 atom stereocenters. The van der Waals surface area contributed by atoms with Crippen LogP contribution in [0, 0.1) is 0 Å². The van der Waals surface area contributed by atoms with E-state index in [1.807, 2.05) is 48.5 Å². The maximum absolute atomic E-state index is 11.8. The van der Waals surface area contributed by atoms with Gasteiger partial charge in [0.05, 0.1) is 29.4 Å². The van der Waals surface area contributed by atoms with Crippen LogP contribution in [0.4, 0.5) is 5.95 Å². The number of esters is 1. The first-order valence-electron chi connectivity index (χ1n) is 9.81. The average Bonchev–Trinajstić information content (AvgIpc) is 3.38. The molecule has 0 fully saturated rings. The lowest BCUT2D eigenvalue weighted by molar-refractivity contribution is 0.0526. The van der Waals surface area contributed by atoms with E-state index >= 15 is 0 Å². The Morgan fingerprint density at radius 3 is 2.70 bits per heavy atom. The number of aromatic nitrogens is 2. The van der Waals surface area contributed by atoms with Gasteiger partial charge in [-0.1, -0.05) is 24.3 Å². The highest BCUT2D eigenvalue weighted by Crippen LogP contribution is 2.23. The van der Waals surface area contributed by atoms with Gasteiger partial charge in [0.1, 0.15) is 11.5 Å². The van der Waals surface area contributed by atoms with Gasteiger partial charge in [-0.3, -0.25) is 0 Å². The molecule has 2 aromatic heterocycles. The van der Waals surface area contributed by atoms with E-state index in [1.54, 1.807) is 25.3 Å². The Balaban J connectivity index is 1.46. The van der Waals surface area contributed by atoms with Crippen LogP contribution in [0.2, 0.25) is 0 Å². The van der Waals surface area contributed by atoms with E-state index < -0.39 is 0 Å². The lowest BCUT2D eigenvalue weighted by atomic mass is 10.1. The molecule has 0 aliphatic carbocycles. The molecule has 0 spiro atoms. The second-order valence-electron chi connectivity index (χ2n) is 6.54. The number of aryl methyl sites for hydroxylation is 1. The number of carbonyl (C=O) groups is 1. The van der Waals surface area contributed by atoms with Gasteiger partial charge in [-0.05, 0) is 50.2 Å². The van der Waals surface area contributed by atoms with Crippen molar-refractivity contribution in [3.8, 4) is 11.3 Å². The van der Waals surface area contributed by atoms with Gasteiger partial charge >= 0.3 is 5.97 Å². The third-order valence-electron chi connectivity index (χ3n) is 4.63. The topological polar surface area (TPSA) is 81.6 Å². The quantitative estimate of drug-likeness (QED) is 0.269. The summed E-state index contributed by atoms with van der Waals surface area (Å²) < 4.78 is 12.9. The number of hydrogen-bond donors (Lipinski definition) is 1. The van der Waals surface area contributed by atoms with E-state index in [4.69, 9.17) is 9.15 Å². The number of furan rings is 1. The highest BCUT2D eigenvalue weighted by molar-refractivity contribution is 5.90. The third-order valence-corrected chi connectivity index (χ3v) is 4.63. The summed E-state index contributed by atoms with van der Waals surface area (Å²) in [4.78, 5) is 16.3. The summed E-state index contributed by atoms with van der Waals surface area (Å²) >= 11 is 0. The number of hydrogen-bond acceptors (Lipinski definition) is 6. The summed E-state index contributed by atoms with van der Waals surface area (Å²) in [6, 6.07) is 18.8. The fraction of sp³-hybridized carbons (Fsp3) is 0.174. The molecule has 0 unspecified atom stereocenters. The molecule has 4 rings (SSSR count). The number of imidazole rings is 1. The van der Waals surface area contributed by atoms with Crippen molar-refractivity contribution in [3.05, 3.63) is 72.0 Å². The van der Waals surface area contributed by atoms with Gasteiger partial charge in [0.15, 0.2) is 0 Å². The van der Waals surface area contributed by atoms with Gasteiger partial charge in [0, 0.05) is 12.1 Å². The molecule has 0 aliphatic rings. The summed E-state index contributed by atoms with van der Waals surface area (Å²) in [5, 5.41) is 4.27. The number of nitrogens with one attached hydrogen (secondary N) is 1. The maximum atomic E-state index is 11.8. The molecule has 2 aromatic carbocycles. The Hall–Kier alpha value is -3.87. The molecule has 0 saturated carbocycles. The number of ether oxygens (including phenoxy) is 1. The molecule has 1 N–H and O–H groups in total. The van der Waals surface area contributed by atoms with E-state index in [0.29, 0.717) is 29.6 Å². The molecule has 2 heterocycles. The Morgan fingerprint density at radius 2 is 1.93 bits per heavy atom.